The van der Waals surface area contributed by atoms with Gasteiger partial charge in [-0.05, 0) is 166 Å². The van der Waals surface area contributed by atoms with E-state index in [1.165, 1.54) is 150 Å². The van der Waals surface area contributed by atoms with Gasteiger partial charge in [0.2, 0.25) is 39.3 Å². The molecule has 16 rings (SSSR count). The molecule has 0 spiro atoms. The Bertz CT molecular complexity index is 4510. The maximum absolute atomic E-state index is 13.8. The summed E-state index contributed by atoms with van der Waals surface area (Å²) < 4.78 is 23.3. The molecule has 5 heteroatoms. The SMILES string of the molecule is Cc1c[n+]2c(c3ccccc13)-c1ccc(C(C)C)cc1C2.Cc1cc(C)c2c(c1)-c1ccc3c(C)cccc3[n+]1C2.Cc1cc2c(cc1C)-c1ccc3ccccc3[n+]1C2.Cc1ccc2c(c1)-c1ccc3c(F)cccc3[n+]1C2. The molecule has 0 saturated heterocycles. The van der Waals surface area contributed by atoms with Crippen LogP contribution >= 0.6 is 0 Å². The van der Waals surface area contributed by atoms with E-state index < -0.39 is 0 Å². The summed E-state index contributed by atoms with van der Waals surface area (Å²) in [6.07, 6.45) is 2.30. The molecule has 4 aliphatic heterocycles. The lowest BCUT2D eigenvalue weighted by Crippen LogP contribution is -2.33. The third-order valence-electron chi connectivity index (χ3n) is 17.3. The topological polar surface area (TPSA) is 15.5 Å². The van der Waals surface area contributed by atoms with Crippen LogP contribution in [0, 0.1) is 54.3 Å². The van der Waals surface area contributed by atoms with Gasteiger partial charge in [-0.3, -0.25) is 0 Å². The van der Waals surface area contributed by atoms with Gasteiger partial charge in [0.15, 0.2) is 32.4 Å². The van der Waals surface area contributed by atoms with Gasteiger partial charge in [-0.25, -0.2) is 4.39 Å². The van der Waals surface area contributed by atoms with Gasteiger partial charge in [-0.2, -0.15) is 18.3 Å². The van der Waals surface area contributed by atoms with E-state index in [1.54, 1.807) is 6.07 Å². The highest BCUT2D eigenvalue weighted by Crippen LogP contribution is 2.37. The molecule has 8 aromatic carbocycles. The first-order valence-electron chi connectivity index (χ1n) is 28.1. The van der Waals surface area contributed by atoms with Crippen molar-refractivity contribution in [3.8, 4) is 45.0 Å². The molecule has 12 aromatic rings. The first kappa shape index (κ1) is 49.9. The predicted octanol–water partition coefficient (Wildman–Crippen LogP) is 16.0. The third-order valence-corrected chi connectivity index (χ3v) is 17.3. The molecule has 0 aliphatic carbocycles. The van der Waals surface area contributed by atoms with Crippen molar-refractivity contribution in [3.63, 3.8) is 0 Å². The Morgan fingerprint density at radius 1 is 0.380 bits per heavy atom. The molecule has 0 bridgehead atoms. The van der Waals surface area contributed by atoms with Gasteiger partial charge in [0, 0.05) is 75.0 Å². The number of nitrogens with zero attached hydrogens (tertiary/aromatic N) is 4. The number of pyridine rings is 4. The number of hydrogen-bond donors (Lipinski definition) is 0. The van der Waals surface area contributed by atoms with Crippen LogP contribution in [0.4, 0.5) is 4.39 Å². The van der Waals surface area contributed by atoms with E-state index in [0.717, 1.165) is 31.7 Å². The van der Waals surface area contributed by atoms with Gasteiger partial charge in [0.05, 0.1) is 33.0 Å². The quantitative estimate of drug-likeness (QED) is 0.146. The summed E-state index contributed by atoms with van der Waals surface area (Å²) in [6, 6.07) is 64.9. The van der Waals surface area contributed by atoms with Gasteiger partial charge in [-0.15, -0.1) is 0 Å². The van der Waals surface area contributed by atoms with Gasteiger partial charge >= 0.3 is 0 Å². The Morgan fingerprint density at radius 3 is 1.81 bits per heavy atom. The van der Waals surface area contributed by atoms with Crippen molar-refractivity contribution in [1.82, 2.24) is 0 Å². The molecule has 0 amide bonds. The van der Waals surface area contributed by atoms with Crippen LogP contribution in [0.25, 0.3) is 88.5 Å². The summed E-state index contributed by atoms with van der Waals surface area (Å²) in [7, 11) is 0. The number of aryl methyl sites for hydroxylation is 7. The Balaban J connectivity index is 0.0000000999. The predicted molar refractivity (Wildman–Crippen MR) is 322 cm³/mol. The van der Waals surface area contributed by atoms with Gasteiger partial charge in [0.1, 0.15) is 5.82 Å². The van der Waals surface area contributed by atoms with Crippen LogP contribution in [-0.4, -0.2) is 0 Å². The summed E-state index contributed by atoms with van der Waals surface area (Å²) in [5, 5.41) is 6.10. The van der Waals surface area contributed by atoms with E-state index in [-0.39, 0.29) is 5.82 Å². The molecule has 0 radical (unpaired) electrons. The van der Waals surface area contributed by atoms with E-state index in [9.17, 15) is 4.39 Å². The summed E-state index contributed by atoms with van der Waals surface area (Å²) >= 11 is 0. The van der Waals surface area contributed by atoms with Crippen LogP contribution < -0.4 is 18.3 Å². The molecular weight excluding hydrogens is 964 g/mol. The minimum Gasteiger partial charge on any atom is -0.206 e. The summed E-state index contributed by atoms with van der Waals surface area (Å²) in [6.45, 7) is 23.6. The fraction of sp³-hybridized carbons (Fsp3) is 0.189. The lowest BCUT2D eigenvalue weighted by atomic mass is 9.96. The highest BCUT2D eigenvalue weighted by molar-refractivity contribution is 5.96. The van der Waals surface area contributed by atoms with Crippen LogP contribution in [0.2, 0.25) is 0 Å². The maximum Gasteiger partial charge on any atom is 0.221 e. The third kappa shape index (κ3) is 8.68. The van der Waals surface area contributed by atoms with Crippen LogP contribution in [0.15, 0.2) is 188 Å². The van der Waals surface area contributed by atoms with E-state index in [4.69, 9.17) is 0 Å². The zero-order valence-corrected chi connectivity index (χ0v) is 47.0. The second-order valence-electron chi connectivity index (χ2n) is 22.9. The molecule has 79 heavy (non-hydrogen) atoms. The van der Waals surface area contributed by atoms with Gasteiger partial charge in [-0.1, -0.05) is 92.2 Å². The van der Waals surface area contributed by atoms with E-state index in [1.807, 2.05) is 18.2 Å². The van der Waals surface area contributed by atoms with Crippen LogP contribution in [-0.2, 0) is 26.2 Å². The van der Waals surface area contributed by atoms with Crippen molar-refractivity contribution < 1.29 is 22.7 Å². The number of fused-ring (bicyclic) bond motifs is 20. The van der Waals surface area contributed by atoms with Gasteiger partial charge in [0.25, 0.3) is 0 Å². The zero-order valence-electron chi connectivity index (χ0n) is 47.0. The highest BCUT2D eigenvalue weighted by Gasteiger charge is 2.33. The van der Waals surface area contributed by atoms with Gasteiger partial charge < -0.3 is 0 Å². The summed E-state index contributed by atoms with van der Waals surface area (Å²) in [4.78, 5) is 0. The number of hydrogen-bond acceptors (Lipinski definition) is 0. The Kier molecular flexibility index (Phi) is 12.4. The van der Waals surface area contributed by atoms with Crippen molar-refractivity contribution in [3.05, 3.63) is 261 Å². The minimum absolute atomic E-state index is 0.153. The number of rotatable bonds is 1. The highest BCUT2D eigenvalue weighted by atomic mass is 19.1. The second kappa shape index (κ2) is 19.7. The number of halogens is 1. The average Bonchev–Trinajstić information content (AvgIpc) is 4.22. The van der Waals surface area contributed by atoms with Crippen LogP contribution in [0.1, 0.15) is 86.5 Å². The Hall–Kier alpha value is -8.67. The molecule has 4 aromatic heterocycles. The molecule has 4 nitrogen and oxygen atoms in total. The molecule has 4 aliphatic rings. The molecule has 0 fully saturated rings. The van der Waals surface area contributed by atoms with E-state index in [0.29, 0.717) is 11.3 Å². The zero-order chi connectivity index (χ0) is 54.4. The molecule has 0 atom stereocenters. The molecular formula is C74H67FN4+4. The number of para-hydroxylation sites is 1. The second-order valence-corrected chi connectivity index (χ2v) is 22.9. The van der Waals surface area contributed by atoms with E-state index >= 15 is 0 Å². The Morgan fingerprint density at radius 2 is 1.00 bits per heavy atom. The molecule has 0 saturated carbocycles. The monoisotopic (exact) mass is 1030 g/mol. The largest absolute Gasteiger partial charge is 0.221 e. The standard InChI is InChI=1S/C20H20N.C19H18N.C18H16N.C17H13FN/c1-13(2)15-8-9-18-16(10-15)12-21-11-14(3)17-6-4-5-7-19(17)20(18)21;1-12-9-14(3)17-11-20-18-6-4-5-13(2)15(18)7-8-19(20)16(17)10-12;1-12-9-15-11-19-17-6-4-3-5-14(17)7-8-18(19)16(15)10-13(12)2;1-11-5-6-12-10-19-16-4-2-3-15(18)13(16)7-8-17(19)14(12)9-11/h4-11,13H,12H2,1-3H3;4-10H,11H2,1-3H3;3-10H,11H2,1-2H3;2-9H,10H2,1H3/q4*+1. The maximum atomic E-state index is 13.8. The van der Waals surface area contributed by atoms with Crippen molar-refractivity contribution in [2.45, 2.75) is 94.4 Å². The number of benzene rings is 8. The lowest BCUT2D eigenvalue weighted by Gasteiger charge is -2.06. The average molecular weight is 1030 g/mol. The molecule has 0 N–H and O–H groups in total. The van der Waals surface area contributed by atoms with Crippen molar-refractivity contribution in [2.24, 2.45) is 0 Å². The number of aromatic nitrogens is 4. The molecule has 0 unspecified atom stereocenters. The van der Waals surface area contributed by atoms with Crippen LogP contribution in [0.3, 0.4) is 0 Å². The molecule has 8 heterocycles. The van der Waals surface area contributed by atoms with Crippen molar-refractivity contribution >= 4 is 43.5 Å². The van der Waals surface area contributed by atoms with Crippen LogP contribution in [0.5, 0.6) is 0 Å². The first-order chi connectivity index (χ1) is 38.3. The normalized spacial score (nSPS) is 12.6. The first-order valence-corrected chi connectivity index (χ1v) is 28.1. The summed E-state index contributed by atoms with van der Waals surface area (Å²) in [5.41, 5.74) is 30.9. The Labute approximate surface area is 464 Å². The minimum atomic E-state index is -0.153. The lowest BCUT2D eigenvalue weighted by molar-refractivity contribution is -0.671. The van der Waals surface area contributed by atoms with Crippen molar-refractivity contribution in [1.29, 1.82) is 0 Å². The fourth-order valence-corrected chi connectivity index (χ4v) is 13.0. The molecule has 386 valence electrons. The fourth-order valence-electron chi connectivity index (χ4n) is 13.0. The van der Waals surface area contributed by atoms with E-state index in [2.05, 4.69) is 238 Å². The summed E-state index contributed by atoms with van der Waals surface area (Å²) in [5.74, 6) is 0.433. The van der Waals surface area contributed by atoms with Crippen molar-refractivity contribution in [2.75, 3.05) is 0 Å². The smallest absolute Gasteiger partial charge is 0.206 e.